The van der Waals surface area contributed by atoms with Gasteiger partial charge in [-0.05, 0) is 37.6 Å². The molecule has 0 saturated carbocycles. The summed E-state index contributed by atoms with van der Waals surface area (Å²) < 4.78 is 0. The number of unbranched alkanes of at least 4 members (excludes halogenated alkanes) is 9. The number of carbonyl (C=O) groups excluding carboxylic acids is 1. The molecular formula is C21H35NO. The van der Waals surface area contributed by atoms with E-state index >= 15 is 0 Å². The number of nitrogens with zero attached hydrogens (tertiary/aromatic N) is 1. The van der Waals surface area contributed by atoms with Gasteiger partial charge in [-0.25, -0.2) is 0 Å². The summed E-state index contributed by atoms with van der Waals surface area (Å²) in [6, 6.07) is 7.94. The van der Waals surface area contributed by atoms with E-state index in [9.17, 15) is 4.79 Å². The van der Waals surface area contributed by atoms with Crippen LogP contribution in [0, 0.1) is 0 Å². The van der Waals surface area contributed by atoms with Gasteiger partial charge < -0.3 is 4.90 Å². The average Bonchev–Trinajstić information content (AvgIpc) is 2.56. The van der Waals surface area contributed by atoms with Crippen LogP contribution in [0.25, 0.3) is 0 Å². The minimum absolute atomic E-state index is 0.133. The fourth-order valence-corrected chi connectivity index (χ4v) is 2.92. The van der Waals surface area contributed by atoms with Crippen molar-refractivity contribution < 1.29 is 4.79 Å². The van der Waals surface area contributed by atoms with Gasteiger partial charge in [-0.15, -0.1) is 0 Å². The Morgan fingerprint density at radius 1 is 0.826 bits per heavy atom. The lowest BCUT2D eigenvalue weighted by atomic mass is 10.1. The van der Waals surface area contributed by atoms with Crippen molar-refractivity contribution in [2.45, 2.75) is 78.1 Å². The molecule has 2 nitrogen and oxygen atoms in total. The molecule has 0 aromatic heterocycles. The standard InChI is InChI=1S/C21H35NO/c1-4-5-6-7-8-9-10-11-12-13-18-22(3)21-16-14-20(15-17-21)19(2)23/h14-17H,4-13,18H2,1-3H3. The highest BCUT2D eigenvalue weighted by atomic mass is 16.1. The van der Waals surface area contributed by atoms with Crippen LogP contribution < -0.4 is 4.90 Å². The smallest absolute Gasteiger partial charge is 0.159 e. The fraction of sp³-hybridized carbons (Fsp3) is 0.667. The number of benzene rings is 1. The Labute approximate surface area is 143 Å². The molecule has 1 rings (SSSR count). The second-order valence-electron chi connectivity index (χ2n) is 6.71. The van der Waals surface area contributed by atoms with Crippen LogP contribution in [-0.2, 0) is 0 Å². The van der Waals surface area contributed by atoms with E-state index in [4.69, 9.17) is 0 Å². The summed E-state index contributed by atoms with van der Waals surface area (Å²) in [5.74, 6) is 0.133. The largest absolute Gasteiger partial charge is 0.375 e. The molecule has 0 amide bonds. The number of anilines is 1. The summed E-state index contributed by atoms with van der Waals surface area (Å²) in [5, 5.41) is 0. The summed E-state index contributed by atoms with van der Waals surface area (Å²) in [6.45, 7) is 4.98. The number of hydrogen-bond donors (Lipinski definition) is 0. The van der Waals surface area contributed by atoms with E-state index in [1.807, 2.05) is 24.3 Å². The van der Waals surface area contributed by atoms with Gasteiger partial charge >= 0.3 is 0 Å². The van der Waals surface area contributed by atoms with Crippen LogP contribution in [0.3, 0.4) is 0 Å². The topological polar surface area (TPSA) is 20.3 Å². The maximum Gasteiger partial charge on any atom is 0.159 e. The number of rotatable bonds is 13. The molecule has 130 valence electrons. The molecule has 0 saturated heterocycles. The first-order valence-electron chi connectivity index (χ1n) is 9.47. The van der Waals surface area contributed by atoms with Crippen molar-refractivity contribution in [3.63, 3.8) is 0 Å². The molecular weight excluding hydrogens is 282 g/mol. The predicted octanol–water partition coefficient (Wildman–Crippen LogP) is 6.25. The van der Waals surface area contributed by atoms with E-state index in [0.717, 1.165) is 12.1 Å². The normalized spacial score (nSPS) is 10.7. The van der Waals surface area contributed by atoms with Crippen LogP contribution in [-0.4, -0.2) is 19.4 Å². The van der Waals surface area contributed by atoms with Gasteiger partial charge in [0.15, 0.2) is 5.78 Å². The lowest BCUT2D eigenvalue weighted by Crippen LogP contribution is -2.18. The first-order valence-corrected chi connectivity index (χ1v) is 9.47. The highest BCUT2D eigenvalue weighted by Gasteiger charge is 2.03. The molecule has 0 bridgehead atoms. The van der Waals surface area contributed by atoms with Gasteiger partial charge in [-0.3, -0.25) is 4.79 Å². The van der Waals surface area contributed by atoms with Gasteiger partial charge in [-0.1, -0.05) is 64.7 Å². The van der Waals surface area contributed by atoms with E-state index in [1.54, 1.807) is 6.92 Å². The molecule has 0 aliphatic rings. The molecule has 0 radical (unpaired) electrons. The third kappa shape index (κ3) is 8.78. The minimum atomic E-state index is 0.133. The third-order valence-electron chi connectivity index (χ3n) is 4.56. The maximum absolute atomic E-state index is 11.3. The summed E-state index contributed by atoms with van der Waals surface area (Å²) in [6.07, 6.45) is 13.7. The van der Waals surface area contributed by atoms with Crippen LogP contribution >= 0.6 is 0 Å². The van der Waals surface area contributed by atoms with Gasteiger partial charge in [0.25, 0.3) is 0 Å². The first-order chi connectivity index (χ1) is 11.1. The van der Waals surface area contributed by atoms with Crippen molar-refractivity contribution >= 4 is 11.5 Å². The van der Waals surface area contributed by atoms with Crippen molar-refractivity contribution in [3.05, 3.63) is 29.8 Å². The molecule has 0 fully saturated rings. The quantitative estimate of drug-likeness (QED) is 0.317. The molecule has 1 aromatic carbocycles. The Bertz CT molecular complexity index is 424. The number of hydrogen-bond acceptors (Lipinski definition) is 2. The summed E-state index contributed by atoms with van der Waals surface area (Å²) in [5.41, 5.74) is 1.99. The highest BCUT2D eigenvalue weighted by Crippen LogP contribution is 2.16. The molecule has 0 aliphatic carbocycles. The molecule has 2 heteroatoms. The molecule has 0 spiro atoms. The molecule has 0 heterocycles. The first kappa shape index (κ1) is 19.7. The molecule has 1 aromatic rings. The van der Waals surface area contributed by atoms with Crippen LogP contribution in [0.1, 0.15) is 88.4 Å². The Balaban J connectivity index is 2.05. The Hall–Kier alpha value is -1.31. The van der Waals surface area contributed by atoms with Crippen LogP contribution in [0.4, 0.5) is 5.69 Å². The number of ketones is 1. The van der Waals surface area contributed by atoms with Crippen molar-refractivity contribution in [1.29, 1.82) is 0 Å². The molecule has 0 atom stereocenters. The second kappa shape index (κ2) is 12.2. The SMILES string of the molecule is CCCCCCCCCCCCN(C)c1ccc(C(C)=O)cc1. The van der Waals surface area contributed by atoms with Gasteiger partial charge in [0, 0.05) is 24.8 Å². The van der Waals surface area contributed by atoms with Crippen LogP contribution in [0.5, 0.6) is 0 Å². The van der Waals surface area contributed by atoms with Gasteiger partial charge in [0.1, 0.15) is 0 Å². The maximum atomic E-state index is 11.3. The molecule has 0 N–H and O–H groups in total. The van der Waals surface area contributed by atoms with Gasteiger partial charge in [-0.2, -0.15) is 0 Å². The van der Waals surface area contributed by atoms with Crippen LogP contribution in [0.15, 0.2) is 24.3 Å². The monoisotopic (exact) mass is 317 g/mol. The summed E-state index contributed by atoms with van der Waals surface area (Å²) >= 11 is 0. The lowest BCUT2D eigenvalue weighted by Gasteiger charge is -2.19. The Morgan fingerprint density at radius 3 is 1.78 bits per heavy atom. The van der Waals surface area contributed by atoms with E-state index in [1.165, 1.54) is 69.9 Å². The number of carbonyl (C=O) groups is 1. The minimum Gasteiger partial charge on any atom is -0.375 e. The van der Waals surface area contributed by atoms with E-state index in [-0.39, 0.29) is 5.78 Å². The Kier molecular flexibility index (Phi) is 10.4. The number of Topliss-reactive ketones (excluding diaryl/α,β-unsaturated/α-hetero) is 1. The third-order valence-corrected chi connectivity index (χ3v) is 4.56. The van der Waals surface area contributed by atoms with E-state index < -0.39 is 0 Å². The fourth-order valence-electron chi connectivity index (χ4n) is 2.92. The second-order valence-corrected chi connectivity index (χ2v) is 6.71. The summed E-state index contributed by atoms with van der Waals surface area (Å²) in [4.78, 5) is 13.6. The summed E-state index contributed by atoms with van der Waals surface area (Å²) in [7, 11) is 2.14. The van der Waals surface area contributed by atoms with Crippen molar-refractivity contribution in [2.24, 2.45) is 0 Å². The van der Waals surface area contributed by atoms with Crippen molar-refractivity contribution in [3.8, 4) is 0 Å². The van der Waals surface area contributed by atoms with Crippen molar-refractivity contribution in [1.82, 2.24) is 0 Å². The average molecular weight is 318 g/mol. The zero-order valence-electron chi connectivity index (χ0n) is 15.4. The molecule has 0 unspecified atom stereocenters. The van der Waals surface area contributed by atoms with Gasteiger partial charge in [0.2, 0.25) is 0 Å². The zero-order chi connectivity index (χ0) is 16.9. The van der Waals surface area contributed by atoms with E-state index in [0.29, 0.717) is 0 Å². The van der Waals surface area contributed by atoms with E-state index in [2.05, 4.69) is 18.9 Å². The predicted molar refractivity (Wildman–Crippen MR) is 102 cm³/mol. The highest BCUT2D eigenvalue weighted by molar-refractivity contribution is 5.94. The molecule has 23 heavy (non-hydrogen) atoms. The Morgan fingerprint density at radius 2 is 1.30 bits per heavy atom. The van der Waals surface area contributed by atoms with Gasteiger partial charge in [0.05, 0.1) is 0 Å². The van der Waals surface area contributed by atoms with Crippen molar-refractivity contribution in [2.75, 3.05) is 18.5 Å². The lowest BCUT2D eigenvalue weighted by molar-refractivity contribution is 0.101. The van der Waals surface area contributed by atoms with Crippen LogP contribution in [0.2, 0.25) is 0 Å². The molecule has 0 aliphatic heterocycles. The zero-order valence-corrected chi connectivity index (χ0v) is 15.4.